The Kier molecular flexibility index (Phi) is 6.65. The Morgan fingerprint density at radius 2 is 1.61 bits per heavy atom. The molecule has 0 rings (SSSR count). The molecule has 0 aromatic heterocycles. The fourth-order valence-electron chi connectivity index (χ4n) is 1.58. The van der Waals surface area contributed by atoms with Crippen LogP contribution in [0.3, 0.4) is 0 Å². The lowest BCUT2D eigenvalue weighted by Gasteiger charge is -2.32. The van der Waals surface area contributed by atoms with Gasteiger partial charge < -0.3 is 10.2 Å². The average Bonchev–Trinajstić information content (AvgIpc) is 2.19. The number of hydrogen-bond acceptors (Lipinski definition) is 2. The Morgan fingerprint density at radius 3 is 2.00 bits per heavy atom. The topological polar surface area (TPSA) is 15.3 Å². The van der Waals surface area contributed by atoms with Crippen LogP contribution in [0.1, 0.15) is 41.0 Å². The third kappa shape index (κ3) is 8.75. The molecule has 0 heterocycles. The third-order valence-corrected chi connectivity index (χ3v) is 3.22. The lowest BCUT2D eigenvalue weighted by atomic mass is 10.00. The van der Waals surface area contributed by atoms with Crippen molar-refractivity contribution >= 4 is 0 Å². The molecular weight excluding hydrogens is 241 g/mol. The van der Waals surface area contributed by atoms with E-state index < -0.39 is 12.6 Å². The summed E-state index contributed by atoms with van der Waals surface area (Å²) in [6, 6.07) is 0.127. The summed E-state index contributed by atoms with van der Waals surface area (Å²) >= 11 is 0. The van der Waals surface area contributed by atoms with Crippen LogP contribution in [-0.4, -0.2) is 42.8 Å². The summed E-state index contributed by atoms with van der Waals surface area (Å²) < 4.78 is 36.4. The fraction of sp³-hybridized carbons (Fsp3) is 1.00. The second kappa shape index (κ2) is 6.75. The van der Waals surface area contributed by atoms with Gasteiger partial charge in [-0.15, -0.1) is 0 Å². The van der Waals surface area contributed by atoms with E-state index >= 15 is 0 Å². The van der Waals surface area contributed by atoms with Gasteiger partial charge in [0.1, 0.15) is 0 Å². The van der Waals surface area contributed by atoms with Crippen molar-refractivity contribution in [3.63, 3.8) is 0 Å². The van der Waals surface area contributed by atoms with Crippen molar-refractivity contribution in [1.29, 1.82) is 0 Å². The lowest BCUT2D eigenvalue weighted by molar-refractivity contribution is -0.138. The summed E-state index contributed by atoms with van der Waals surface area (Å²) in [6.07, 6.45) is -4.81. The zero-order valence-electron chi connectivity index (χ0n) is 12.4. The van der Waals surface area contributed by atoms with Crippen LogP contribution in [0.4, 0.5) is 13.2 Å². The van der Waals surface area contributed by atoms with Gasteiger partial charge in [0.25, 0.3) is 0 Å². The van der Waals surface area contributed by atoms with Crippen LogP contribution in [0, 0.1) is 5.92 Å². The molecule has 0 saturated carbocycles. The van der Waals surface area contributed by atoms with E-state index in [9.17, 15) is 13.2 Å². The van der Waals surface area contributed by atoms with Gasteiger partial charge >= 0.3 is 6.18 Å². The number of halogens is 3. The minimum absolute atomic E-state index is 0.0402. The molecule has 0 spiro atoms. The van der Waals surface area contributed by atoms with Crippen molar-refractivity contribution in [3.8, 4) is 0 Å². The number of nitrogens with zero attached hydrogens (tertiary/aromatic N) is 1. The van der Waals surface area contributed by atoms with Crippen molar-refractivity contribution in [1.82, 2.24) is 10.2 Å². The molecule has 0 radical (unpaired) electrons. The van der Waals surface area contributed by atoms with Gasteiger partial charge in [-0.1, -0.05) is 6.92 Å². The maximum atomic E-state index is 12.1. The van der Waals surface area contributed by atoms with Gasteiger partial charge in [0.05, 0.1) is 6.42 Å². The first-order valence-corrected chi connectivity index (χ1v) is 6.44. The fourth-order valence-corrected chi connectivity index (χ4v) is 1.58. The molecule has 0 saturated heterocycles. The highest BCUT2D eigenvalue weighted by atomic mass is 19.4. The van der Waals surface area contributed by atoms with E-state index in [2.05, 4.69) is 33.0 Å². The van der Waals surface area contributed by atoms with Crippen LogP contribution in [0.25, 0.3) is 0 Å². The minimum atomic E-state index is -4.07. The number of alkyl halides is 3. The molecule has 110 valence electrons. The van der Waals surface area contributed by atoms with Crippen molar-refractivity contribution < 1.29 is 13.2 Å². The maximum Gasteiger partial charge on any atom is 0.390 e. The normalized spacial score (nSPS) is 17.0. The van der Waals surface area contributed by atoms with E-state index in [0.29, 0.717) is 5.92 Å². The Balaban J connectivity index is 4.08. The minimum Gasteiger partial charge on any atom is -0.312 e. The molecule has 0 bridgehead atoms. The van der Waals surface area contributed by atoms with Crippen molar-refractivity contribution in [3.05, 3.63) is 0 Å². The molecule has 18 heavy (non-hydrogen) atoms. The molecule has 0 aliphatic rings. The molecule has 2 unspecified atom stereocenters. The highest BCUT2D eigenvalue weighted by molar-refractivity contribution is 4.77. The molecule has 1 N–H and O–H groups in total. The number of rotatable bonds is 6. The van der Waals surface area contributed by atoms with Gasteiger partial charge in [-0.25, -0.2) is 0 Å². The Hall–Kier alpha value is -0.290. The molecule has 0 aliphatic carbocycles. The predicted molar refractivity (Wildman–Crippen MR) is 69.7 cm³/mol. The van der Waals surface area contributed by atoms with Crippen molar-refractivity contribution in [2.75, 3.05) is 20.1 Å². The molecule has 2 nitrogen and oxygen atoms in total. The van der Waals surface area contributed by atoms with Gasteiger partial charge in [0.2, 0.25) is 0 Å². The van der Waals surface area contributed by atoms with E-state index in [0.717, 1.165) is 6.54 Å². The third-order valence-electron chi connectivity index (χ3n) is 3.22. The summed E-state index contributed by atoms with van der Waals surface area (Å²) in [4.78, 5) is 1.78. The van der Waals surface area contributed by atoms with Gasteiger partial charge in [0.15, 0.2) is 0 Å². The monoisotopic (exact) mass is 268 g/mol. The molecule has 0 fully saturated rings. The molecule has 0 aliphatic heterocycles. The van der Waals surface area contributed by atoms with Gasteiger partial charge in [0, 0.05) is 18.1 Å². The highest BCUT2D eigenvalue weighted by Gasteiger charge is 2.28. The first-order chi connectivity index (χ1) is 7.92. The highest BCUT2D eigenvalue weighted by Crippen LogP contribution is 2.21. The summed E-state index contributed by atoms with van der Waals surface area (Å²) in [5.74, 6) is 0.308. The Morgan fingerprint density at radius 1 is 1.11 bits per heavy atom. The van der Waals surface area contributed by atoms with Crippen LogP contribution < -0.4 is 5.32 Å². The first-order valence-electron chi connectivity index (χ1n) is 6.44. The smallest absolute Gasteiger partial charge is 0.312 e. The maximum absolute atomic E-state index is 12.1. The number of nitrogens with one attached hydrogen (secondary N) is 1. The van der Waals surface area contributed by atoms with Crippen LogP contribution >= 0.6 is 0 Å². The Labute approximate surface area is 109 Å². The van der Waals surface area contributed by atoms with Crippen LogP contribution in [-0.2, 0) is 0 Å². The zero-order chi connectivity index (χ0) is 14.6. The summed E-state index contributed by atoms with van der Waals surface area (Å²) in [6.45, 7) is 11.2. The largest absolute Gasteiger partial charge is 0.390 e. The van der Waals surface area contributed by atoms with Crippen LogP contribution in [0.5, 0.6) is 0 Å². The van der Waals surface area contributed by atoms with Gasteiger partial charge in [-0.2, -0.15) is 13.2 Å². The van der Waals surface area contributed by atoms with E-state index in [4.69, 9.17) is 0 Å². The SMILES string of the molecule is CC(CNC(C)(C)C)C(C)N(C)CCC(F)(F)F. The first kappa shape index (κ1) is 17.7. The van der Waals surface area contributed by atoms with Gasteiger partial charge in [-0.3, -0.25) is 0 Å². The molecule has 5 heteroatoms. The predicted octanol–water partition coefficient (Wildman–Crippen LogP) is 3.28. The molecule has 2 atom stereocenters. The number of hydrogen-bond donors (Lipinski definition) is 1. The van der Waals surface area contributed by atoms with E-state index in [1.54, 1.807) is 11.9 Å². The standard InChI is InChI=1S/C13H27F3N2/c1-10(9-17-12(3,4)5)11(2)18(6)8-7-13(14,15)16/h10-11,17H,7-9H2,1-6H3. The van der Waals surface area contributed by atoms with E-state index in [-0.39, 0.29) is 18.1 Å². The second-order valence-electron chi connectivity index (χ2n) is 6.19. The summed E-state index contributed by atoms with van der Waals surface area (Å²) in [7, 11) is 1.75. The summed E-state index contributed by atoms with van der Waals surface area (Å²) in [5, 5.41) is 3.38. The second-order valence-corrected chi connectivity index (χ2v) is 6.19. The van der Waals surface area contributed by atoms with Gasteiger partial charge in [-0.05, 0) is 47.2 Å². The molecule has 0 aromatic rings. The van der Waals surface area contributed by atoms with E-state index in [1.165, 1.54) is 0 Å². The Bertz CT molecular complexity index is 209. The quantitative estimate of drug-likeness (QED) is 0.795. The molecule has 0 amide bonds. The zero-order valence-corrected chi connectivity index (χ0v) is 12.4. The van der Waals surface area contributed by atoms with Crippen molar-refractivity contribution in [2.24, 2.45) is 5.92 Å². The lowest BCUT2D eigenvalue weighted by Crippen LogP contribution is -2.44. The molecular formula is C13H27F3N2. The average molecular weight is 268 g/mol. The van der Waals surface area contributed by atoms with E-state index in [1.807, 2.05) is 6.92 Å². The van der Waals surface area contributed by atoms with Crippen molar-refractivity contribution in [2.45, 2.75) is 58.8 Å². The van der Waals surface area contributed by atoms with Crippen LogP contribution in [0.15, 0.2) is 0 Å². The van der Waals surface area contributed by atoms with Crippen LogP contribution in [0.2, 0.25) is 0 Å². The molecule has 0 aromatic carbocycles. The summed E-state index contributed by atoms with van der Waals surface area (Å²) in [5.41, 5.74) is 0.0402.